The number of amides is 1. The molecule has 0 aliphatic carbocycles. The number of nitrogens with two attached hydrogens (primary N) is 1. The molecule has 1 aromatic heterocycles. The molecule has 1 aliphatic rings. The van der Waals surface area contributed by atoms with Gasteiger partial charge in [0.05, 0.1) is 0 Å². The number of carbonyl (C=O) groups is 1. The zero-order chi connectivity index (χ0) is 13.0. The fourth-order valence-corrected chi connectivity index (χ4v) is 2.64. The Morgan fingerprint density at radius 3 is 3.11 bits per heavy atom. The Morgan fingerprint density at radius 2 is 2.50 bits per heavy atom. The Labute approximate surface area is 110 Å². The van der Waals surface area contributed by atoms with Crippen LogP contribution in [0.2, 0.25) is 0 Å². The lowest BCUT2D eigenvalue weighted by Gasteiger charge is -2.07. The number of aromatic nitrogens is 1. The molecule has 0 saturated carbocycles. The molecule has 0 aromatic carbocycles. The number of ether oxygens (including phenoxy) is 1. The van der Waals surface area contributed by atoms with Crippen LogP contribution in [0.15, 0.2) is 0 Å². The number of hydrogen-bond donors (Lipinski definition) is 3. The summed E-state index contributed by atoms with van der Waals surface area (Å²) >= 11 is 1.27. The van der Waals surface area contributed by atoms with Gasteiger partial charge < -0.3 is 21.1 Å². The molecule has 1 amide bonds. The Balaban J connectivity index is 1.81. The highest BCUT2D eigenvalue weighted by Crippen LogP contribution is 2.24. The molecule has 2 rings (SSSR count). The third-order valence-electron chi connectivity index (χ3n) is 2.94. The number of thiazole rings is 1. The third-order valence-corrected chi connectivity index (χ3v) is 4.02. The number of nitrogens with zero attached hydrogens (tertiary/aromatic N) is 1. The quantitative estimate of drug-likeness (QED) is 0.740. The molecule has 4 N–H and O–H groups in total. The maximum Gasteiger partial charge on any atom is 0.265 e. The average molecular weight is 270 g/mol. The second-order valence-corrected chi connectivity index (χ2v) is 5.26. The van der Waals surface area contributed by atoms with Crippen molar-refractivity contribution >= 4 is 28.2 Å². The van der Waals surface area contributed by atoms with Crippen LogP contribution < -0.4 is 16.4 Å². The largest absolute Gasteiger partial charge is 0.382 e. The highest BCUT2D eigenvalue weighted by molar-refractivity contribution is 7.18. The summed E-state index contributed by atoms with van der Waals surface area (Å²) in [7, 11) is 1.75. The van der Waals surface area contributed by atoms with Gasteiger partial charge in [-0.1, -0.05) is 11.3 Å². The van der Waals surface area contributed by atoms with Gasteiger partial charge in [-0.25, -0.2) is 4.98 Å². The number of carbonyl (C=O) groups excluding carboxylic acids is 1. The molecular formula is C11H18N4O2S. The van der Waals surface area contributed by atoms with Crippen molar-refractivity contribution in [3.05, 3.63) is 4.88 Å². The van der Waals surface area contributed by atoms with Gasteiger partial charge in [0.2, 0.25) is 0 Å². The lowest BCUT2D eigenvalue weighted by atomic mass is 10.1. The molecule has 1 unspecified atom stereocenters. The minimum absolute atomic E-state index is 0.148. The zero-order valence-corrected chi connectivity index (χ0v) is 11.2. The van der Waals surface area contributed by atoms with Crippen LogP contribution in [0.5, 0.6) is 0 Å². The first-order chi connectivity index (χ1) is 8.70. The fraction of sp³-hybridized carbons (Fsp3) is 0.636. The lowest BCUT2D eigenvalue weighted by molar-refractivity contribution is 0.0955. The number of hydrogen-bond acceptors (Lipinski definition) is 6. The molecule has 0 radical (unpaired) electrons. The van der Waals surface area contributed by atoms with E-state index >= 15 is 0 Å². The van der Waals surface area contributed by atoms with Crippen LogP contribution in [0.25, 0.3) is 0 Å². The van der Waals surface area contributed by atoms with Crippen molar-refractivity contribution in [1.29, 1.82) is 0 Å². The summed E-state index contributed by atoms with van der Waals surface area (Å²) in [4.78, 5) is 16.4. The normalized spacial score (nSPS) is 18.8. The first-order valence-electron chi connectivity index (χ1n) is 6.00. The second kappa shape index (κ2) is 6.01. The predicted octanol–water partition coefficient (Wildman–Crippen LogP) is 0.923. The molecule has 2 heterocycles. The van der Waals surface area contributed by atoms with Crippen molar-refractivity contribution < 1.29 is 9.53 Å². The SMILES string of the molecule is CNc1nc(N)c(C(=O)NCCC2CCOC2)s1. The van der Waals surface area contributed by atoms with Crippen molar-refractivity contribution in [2.75, 3.05) is 37.9 Å². The molecule has 1 fully saturated rings. The van der Waals surface area contributed by atoms with Crippen molar-refractivity contribution in [2.45, 2.75) is 12.8 Å². The molecule has 7 heteroatoms. The Morgan fingerprint density at radius 1 is 1.67 bits per heavy atom. The molecule has 0 spiro atoms. The van der Waals surface area contributed by atoms with E-state index in [9.17, 15) is 4.79 Å². The van der Waals surface area contributed by atoms with Gasteiger partial charge in [0.15, 0.2) is 5.13 Å². The van der Waals surface area contributed by atoms with Crippen molar-refractivity contribution in [3.8, 4) is 0 Å². The van der Waals surface area contributed by atoms with Gasteiger partial charge >= 0.3 is 0 Å². The summed E-state index contributed by atoms with van der Waals surface area (Å²) in [6.45, 7) is 2.30. The monoisotopic (exact) mass is 270 g/mol. The maximum absolute atomic E-state index is 11.9. The summed E-state index contributed by atoms with van der Waals surface area (Å²) in [5.74, 6) is 0.702. The van der Waals surface area contributed by atoms with Gasteiger partial charge in [0.25, 0.3) is 5.91 Å². The third kappa shape index (κ3) is 3.11. The molecular weight excluding hydrogens is 252 g/mol. The van der Waals surface area contributed by atoms with Gasteiger partial charge in [-0.15, -0.1) is 0 Å². The maximum atomic E-state index is 11.9. The molecule has 0 bridgehead atoms. The van der Waals surface area contributed by atoms with E-state index in [0.717, 1.165) is 26.1 Å². The van der Waals surface area contributed by atoms with Crippen molar-refractivity contribution in [3.63, 3.8) is 0 Å². The van der Waals surface area contributed by atoms with E-state index < -0.39 is 0 Å². The molecule has 18 heavy (non-hydrogen) atoms. The minimum Gasteiger partial charge on any atom is -0.382 e. The molecule has 6 nitrogen and oxygen atoms in total. The summed E-state index contributed by atoms with van der Waals surface area (Å²) in [5.41, 5.74) is 5.69. The lowest BCUT2D eigenvalue weighted by Crippen LogP contribution is -2.26. The van der Waals surface area contributed by atoms with E-state index in [0.29, 0.717) is 22.5 Å². The van der Waals surface area contributed by atoms with E-state index in [-0.39, 0.29) is 11.7 Å². The van der Waals surface area contributed by atoms with Gasteiger partial charge in [0, 0.05) is 26.8 Å². The average Bonchev–Trinajstić information content (AvgIpc) is 2.98. The zero-order valence-electron chi connectivity index (χ0n) is 10.4. The van der Waals surface area contributed by atoms with E-state index in [1.165, 1.54) is 11.3 Å². The summed E-state index contributed by atoms with van der Waals surface area (Å²) in [6.07, 6.45) is 2.03. The Hall–Kier alpha value is -1.34. The summed E-state index contributed by atoms with van der Waals surface area (Å²) < 4.78 is 5.29. The van der Waals surface area contributed by atoms with Gasteiger partial charge in [-0.2, -0.15) is 0 Å². The van der Waals surface area contributed by atoms with E-state index in [1.54, 1.807) is 7.05 Å². The van der Waals surface area contributed by atoms with E-state index in [4.69, 9.17) is 10.5 Å². The van der Waals surface area contributed by atoms with Crippen LogP contribution in [0, 0.1) is 5.92 Å². The highest BCUT2D eigenvalue weighted by Gasteiger charge is 2.18. The smallest absolute Gasteiger partial charge is 0.265 e. The first kappa shape index (κ1) is 13.1. The number of nitrogens with one attached hydrogen (secondary N) is 2. The van der Waals surface area contributed by atoms with Crippen LogP contribution in [0.4, 0.5) is 10.9 Å². The van der Waals surface area contributed by atoms with E-state index in [1.807, 2.05) is 0 Å². The predicted molar refractivity (Wildman–Crippen MR) is 71.9 cm³/mol. The summed E-state index contributed by atoms with van der Waals surface area (Å²) in [6, 6.07) is 0. The second-order valence-electron chi connectivity index (χ2n) is 4.26. The van der Waals surface area contributed by atoms with Gasteiger partial charge in [0.1, 0.15) is 10.7 Å². The first-order valence-corrected chi connectivity index (χ1v) is 6.82. The molecule has 1 atom stereocenters. The number of nitrogen functional groups attached to an aromatic ring is 1. The van der Waals surface area contributed by atoms with Crippen LogP contribution in [0.1, 0.15) is 22.5 Å². The van der Waals surface area contributed by atoms with Gasteiger partial charge in [-0.3, -0.25) is 4.79 Å². The van der Waals surface area contributed by atoms with Gasteiger partial charge in [-0.05, 0) is 18.8 Å². The van der Waals surface area contributed by atoms with Crippen molar-refractivity contribution in [2.24, 2.45) is 5.92 Å². The summed E-state index contributed by atoms with van der Waals surface area (Å²) in [5, 5.41) is 6.40. The Kier molecular flexibility index (Phi) is 4.38. The Bertz CT molecular complexity index is 415. The minimum atomic E-state index is -0.148. The van der Waals surface area contributed by atoms with Crippen LogP contribution in [-0.4, -0.2) is 37.7 Å². The molecule has 100 valence electrons. The van der Waals surface area contributed by atoms with Crippen LogP contribution >= 0.6 is 11.3 Å². The molecule has 1 saturated heterocycles. The fourth-order valence-electron chi connectivity index (χ4n) is 1.88. The van der Waals surface area contributed by atoms with Crippen LogP contribution in [0.3, 0.4) is 0 Å². The molecule has 1 aromatic rings. The standard InChI is InChI=1S/C11H18N4O2S/c1-13-11-15-9(12)8(18-11)10(16)14-4-2-7-3-5-17-6-7/h7H,2-6,12H2,1H3,(H,13,15)(H,14,16). The number of rotatable bonds is 5. The topological polar surface area (TPSA) is 89.3 Å². The highest BCUT2D eigenvalue weighted by atomic mass is 32.1. The van der Waals surface area contributed by atoms with Crippen molar-refractivity contribution in [1.82, 2.24) is 10.3 Å². The molecule has 1 aliphatic heterocycles. The van der Waals surface area contributed by atoms with Crippen LogP contribution in [-0.2, 0) is 4.74 Å². The number of anilines is 2. The van der Waals surface area contributed by atoms with E-state index in [2.05, 4.69) is 15.6 Å².